The van der Waals surface area contributed by atoms with Crippen molar-refractivity contribution in [3.8, 4) is 0 Å². The normalized spacial score (nSPS) is 11.0. The summed E-state index contributed by atoms with van der Waals surface area (Å²) in [5.74, 6) is 0. The van der Waals surface area contributed by atoms with E-state index in [0.717, 1.165) is 35.7 Å². The third kappa shape index (κ3) is 3.95. The SMILES string of the molecule is CCCn1c(Sc2ncc(CNCC)cc2C)n[nH]c1=O. The van der Waals surface area contributed by atoms with E-state index in [1.54, 1.807) is 4.57 Å². The summed E-state index contributed by atoms with van der Waals surface area (Å²) in [5, 5.41) is 11.4. The lowest BCUT2D eigenvalue weighted by atomic mass is 10.2. The van der Waals surface area contributed by atoms with Crippen molar-refractivity contribution >= 4 is 11.8 Å². The molecule has 0 aliphatic rings. The van der Waals surface area contributed by atoms with Crippen LogP contribution in [0.15, 0.2) is 27.2 Å². The molecule has 0 fully saturated rings. The minimum absolute atomic E-state index is 0.166. The summed E-state index contributed by atoms with van der Waals surface area (Å²) < 4.78 is 1.65. The zero-order valence-corrected chi connectivity index (χ0v) is 13.5. The van der Waals surface area contributed by atoms with Crippen molar-refractivity contribution < 1.29 is 0 Å². The first-order valence-corrected chi connectivity index (χ1v) is 7.96. The number of H-pyrrole nitrogens is 1. The molecule has 2 heterocycles. The van der Waals surface area contributed by atoms with Crippen molar-refractivity contribution in [2.45, 2.75) is 50.5 Å². The highest BCUT2D eigenvalue weighted by Gasteiger charge is 2.12. The van der Waals surface area contributed by atoms with E-state index in [1.807, 2.05) is 20.0 Å². The zero-order valence-electron chi connectivity index (χ0n) is 12.6. The van der Waals surface area contributed by atoms with Crippen molar-refractivity contribution in [1.82, 2.24) is 25.1 Å². The Morgan fingerprint density at radius 3 is 2.90 bits per heavy atom. The van der Waals surface area contributed by atoms with Gasteiger partial charge in [0, 0.05) is 19.3 Å². The van der Waals surface area contributed by atoms with Gasteiger partial charge >= 0.3 is 5.69 Å². The van der Waals surface area contributed by atoms with Gasteiger partial charge in [0.1, 0.15) is 5.03 Å². The quantitative estimate of drug-likeness (QED) is 0.817. The second kappa shape index (κ2) is 7.42. The van der Waals surface area contributed by atoms with Crippen molar-refractivity contribution in [3.63, 3.8) is 0 Å². The lowest BCUT2D eigenvalue weighted by Crippen LogP contribution is -2.17. The Morgan fingerprint density at radius 1 is 1.43 bits per heavy atom. The third-order valence-electron chi connectivity index (χ3n) is 3.02. The van der Waals surface area contributed by atoms with Crippen molar-refractivity contribution in [2.24, 2.45) is 0 Å². The van der Waals surface area contributed by atoms with E-state index in [1.165, 1.54) is 11.8 Å². The topological polar surface area (TPSA) is 75.6 Å². The van der Waals surface area contributed by atoms with Gasteiger partial charge < -0.3 is 5.32 Å². The highest BCUT2D eigenvalue weighted by Crippen LogP contribution is 2.26. The maximum Gasteiger partial charge on any atom is 0.343 e. The first-order chi connectivity index (χ1) is 10.2. The van der Waals surface area contributed by atoms with Gasteiger partial charge in [-0.05, 0) is 42.8 Å². The fraction of sp³-hybridized carbons (Fsp3) is 0.500. The van der Waals surface area contributed by atoms with Gasteiger partial charge in [0.2, 0.25) is 0 Å². The molecule has 0 aromatic carbocycles. The predicted molar refractivity (Wildman–Crippen MR) is 83.6 cm³/mol. The first kappa shape index (κ1) is 15.8. The summed E-state index contributed by atoms with van der Waals surface area (Å²) >= 11 is 1.42. The molecule has 0 radical (unpaired) electrons. The maximum absolute atomic E-state index is 11.7. The summed E-state index contributed by atoms with van der Waals surface area (Å²) in [4.78, 5) is 16.2. The fourth-order valence-corrected chi connectivity index (χ4v) is 2.86. The summed E-state index contributed by atoms with van der Waals surface area (Å²) in [5.41, 5.74) is 2.08. The summed E-state index contributed by atoms with van der Waals surface area (Å²) in [6, 6.07) is 2.12. The summed E-state index contributed by atoms with van der Waals surface area (Å²) in [7, 11) is 0. The average Bonchev–Trinajstić information content (AvgIpc) is 2.81. The van der Waals surface area contributed by atoms with Crippen LogP contribution in [0.1, 0.15) is 31.4 Å². The molecule has 0 atom stereocenters. The number of rotatable bonds is 7. The van der Waals surface area contributed by atoms with Gasteiger partial charge in [0.15, 0.2) is 5.16 Å². The van der Waals surface area contributed by atoms with Gasteiger partial charge in [-0.2, -0.15) is 0 Å². The van der Waals surface area contributed by atoms with Crippen LogP contribution >= 0.6 is 11.8 Å². The minimum atomic E-state index is -0.166. The molecule has 2 N–H and O–H groups in total. The smallest absolute Gasteiger partial charge is 0.313 e. The number of aromatic amines is 1. The standard InChI is InChI=1S/C14H21N5OS/c1-4-6-19-13(20)17-18-14(19)21-12-10(3)7-11(9-16-12)8-15-5-2/h7,9,15H,4-6,8H2,1-3H3,(H,17,20). The number of nitrogens with one attached hydrogen (secondary N) is 2. The van der Waals surface area contributed by atoms with E-state index in [-0.39, 0.29) is 5.69 Å². The molecule has 114 valence electrons. The highest BCUT2D eigenvalue weighted by atomic mass is 32.2. The van der Waals surface area contributed by atoms with Crippen LogP contribution in [0.2, 0.25) is 0 Å². The average molecular weight is 307 g/mol. The fourth-order valence-electron chi connectivity index (χ4n) is 1.98. The Bertz CT molecular complexity index is 649. The van der Waals surface area contributed by atoms with Crippen molar-refractivity contribution in [2.75, 3.05) is 6.54 Å². The van der Waals surface area contributed by atoms with Crippen LogP contribution in [0.4, 0.5) is 0 Å². The van der Waals surface area contributed by atoms with Crippen LogP contribution in [0.25, 0.3) is 0 Å². The van der Waals surface area contributed by atoms with Gasteiger partial charge in [-0.15, -0.1) is 5.10 Å². The number of hydrogen-bond donors (Lipinski definition) is 2. The van der Waals surface area contributed by atoms with E-state index in [2.05, 4.69) is 33.5 Å². The predicted octanol–water partition coefficient (Wildman–Crippen LogP) is 1.95. The van der Waals surface area contributed by atoms with Gasteiger partial charge in [-0.3, -0.25) is 4.57 Å². The van der Waals surface area contributed by atoms with E-state index < -0.39 is 0 Å². The Morgan fingerprint density at radius 2 is 2.24 bits per heavy atom. The Kier molecular flexibility index (Phi) is 5.58. The molecule has 0 unspecified atom stereocenters. The molecule has 7 heteroatoms. The molecule has 0 aliphatic carbocycles. The van der Waals surface area contributed by atoms with E-state index in [4.69, 9.17) is 0 Å². The van der Waals surface area contributed by atoms with Gasteiger partial charge in [0.05, 0.1) is 0 Å². The Hall–Kier alpha value is -1.60. The Labute approximate surface area is 128 Å². The van der Waals surface area contributed by atoms with E-state index in [0.29, 0.717) is 11.7 Å². The molecule has 0 amide bonds. The molecule has 21 heavy (non-hydrogen) atoms. The second-order valence-electron chi connectivity index (χ2n) is 4.81. The zero-order chi connectivity index (χ0) is 15.2. The molecule has 6 nitrogen and oxygen atoms in total. The summed E-state index contributed by atoms with van der Waals surface area (Å²) in [6.45, 7) is 8.56. The molecule has 2 aromatic rings. The number of nitrogens with zero attached hydrogens (tertiary/aromatic N) is 3. The van der Waals surface area contributed by atoms with E-state index in [9.17, 15) is 4.79 Å². The lowest BCUT2D eigenvalue weighted by molar-refractivity contribution is 0.603. The molecular formula is C14H21N5OS. The molecule has 0 saturated heterocycles. The Balaban J connectivity index is 2.18. The van der Waals surface area contributed by atoms with Crippen LogP contribution in [0.5, 0.6) is 0 Å². The highest BCUT2D eigenvalue weighted by molar-refractivity contribution is 7.99. The number of aromatic nitrogens is 4. The van der Waals surface area contributed by atoms with Gasteiger partial charge in [0.25, 0.3) is 0 Å². The van der Waals surface area contributed by atoms with Crippen LogP contribution in [-0.4, -0.2) is 26.3 Å². The molecular weight excluding hydrogens is 286 g/mol. The molecule has 0 aliphatic heterocycles. The van der Waals surface area contributed by atoms with Crippen LogP contribution in [0, 0.1) is 6.92 Å². The number of aryl methyl sites for hydroxylation is 1. The summed E-state index contributed by atoms with van der Waals surface area (Å²) in [6.07, 6.45) is 2.76. The third-order valence-corrected chi connectivity index (χ3v) is 4.14. The van der Waals surface area contributed by atoms with Crippen molar-refractivity contribution in [3.05, 3.63) is 33.9 Å². The monoisotopic (exact) mass is 307 g/mol. The first-order valence-electron chi connectivity index (χ1n) is 7.15. The van der Waals surface area contributed by atoms with Gasteiger partial charge in [-0.25, -0.2) is 14.9 Å². The molecule has 0 spiro atoms. The van der Waals surface area contributed by atoms with E-state index >= 15 is 0 Å². The maximum atomic E-state index is 11.7. The van der Waals surface area contributed by atoms with Gasteiger partial charge in [-0.1, -0.05) is 19.9 Å². The minimum Gasteiger partial charge on any atom is -0.313 e. The lowest BCUT2D eigenvalue weighted by Gasteiger charge is -2.08. The second-order valence-corrected chi connectivity index (χ2v) is 5.77. The van der Waals surface area contributed by atoms with Crippen molar-refractivity contribution in [1.29, 1.82) is 0 Å². The molecule has 2 rings (SSSR count). The molecule has 0 bridgehead atoms. The van der Waals surface area contributed by atoms with Crippen LogP contribution < -0.4 is 11.0 Å². The molecule has 2 aromatic heterocycles. The number of pyridine rings is 1. The van der Waals surface area contributed by atoms with Crippen LogP contribution in [-0.2, 0) is 13.1 Å². The van der Waals surface area contributed by atoms with Crippen LogP contribution in [0.3, 0.4) is 0 Å². The molecule has 0 saturated carbocycles. The number of hydrogen-bond acceptors (Lipinski definition) is 5. The largest absolute Gasteiger partial charge is 0.343 e.